The molecule has 3 aromatic rings. The summed E-state index contributed by atoms with van der Waals surface area (Å²) in [5, 5.41) is 0.867. The third-order valence-electron chi connectivity index (χ3n) is 3.31. The van der Waals surface area contributed by atoms with Crippen molar-refractivity contribution in [2.24, 2.45) is 5.73 Å². The smallest absolute Gasteiger partial charge is 0.131 e. The Morgan fingerprint density at radius 3 is 2.60 bits per heavy atom. The minimum absolute atomic E-state index is 0.266. The van der Waals surface area contributed by atoms with E-state index in [1.165, 1.54) is 12.1 Å². The van der Waals surface area contributed by atoms with Crippen LogP contribution in [0, 0.1) is 11.6 Å². The van der Waals surface area contributed by atoms with Gasteiger partial charge in [0.15, 0.2) is 0 Å². The van der Waals surface area contributed by atoms with Crippen molar-refractivity contribution in [3.05, 3.63) is 77.5 Å². The van der Waals surface area contributed by atoms with Gasteiger partial charge in [0.1, 0.15) is 11.6 Å². The molecule has 0 saturated carbocycles. The molecule has 4 heteroatoms. The van der Waals surface area contributed by atoms with E-state index in [0.717, 1.165) is 22.5 Å². The third-order valence-corrected chi connectivity index (χ3v) is 3.31. The highest BCUT2D eigenvalue weighted by atomic mass is 19.1. The van der Waals surface area contributed by atoms with Gasteiger partial charge in [-0.15, -0.1) is 0 Å². The van der Waals surface area contributed by atoms with Crippen molar-refractivity contribution >= 4 is 10.9 Å². The zero-order chi connectivity index (χ0) is 14.1. The Kier molecular flexibility index (Phi) is 3.16. The molecule has 0 aliphatic carbocycles. The average Bonchev–Trinajstić information content (AvgIpc) is 2.46. The van der Waals surface area contributed by atoms with E-state index in [4.69, 9.17) is 5.73 Å². The minimum Gasteiger partial charge on any atom is -0.320 e. The molecule has 0 bridgehead atoms. The first kappa shape index (κ1) is 12.7. The number of fused-ring (bicyclic) bond motifs is 1. The van der Waals surface area contributed by atoms with Gasteiger partial charge in [-0.1, -0.05) is 24.3 Å². The van der Waals surface area contributed by atoms with E-state index in [-0.39, 0.29) is 5.56 Å². The van der Waals surface area contributed by atoms with E-state index in [0.29, 0.717) is 0 Å². The Morgan fingerprint density at radius 1 is 0.950 bits per heavy atom. The van der Waals surface area contributed by atoms with Crippen LogP contribution in [0.2, 0.25) is 0 Å². The molecule has 0 radical (unpaired) electrons. The number of halogens is 2. The lowest BCUT2D eigenvalue weighted by molar-refractivity contribution is 0.566. The highest BCUT2D eigenvalue weighted by molar-refractivity contribution is 5.82. The molecule has 2 N–H and O–H groups in total. The van der Waals surface area contributed by atoms with Crippen LogP contribution in [0.4, 0.5) is 8.78 Å². The summed E-state index contributed by atoms with van der Waals surface area (Å²) in [7, 11) is 0. The maximum Gasteiger partial charge on any atom is 0.131 e. The molecule has 1 unspecified atom stereocenters. The quantitative estimate of drug-likeness (QED) is 0.773. The Balaban J connectivity index is 2.15. The van der Waals surface area contributed by atoms with Gasteiger partial charge in [0.05, 0.1) is 11.6 Å². The van der Waals surface area contributed by atoms with Crippen LogP contribution in [0.3, 0.4) is 0 Å². The first-order valence-corrected chi connectivity index (χ1v) is 6.21. The average molecular weight is 270 g/mol. The molecule has 20 heavy (non-hydrogen) atoms. The number of benzene rings is 2. The van der Waals surface area contributed by atoms with Crippen LogP contribution in [0.5, 0.6) is 0 Å². The molecule has 3 rings (SSSR count). The molecule has 0 saturated heterocycles. The van der Waals surface area contributed by atoms with E-state index in [2.05, 4.69) is 4.98 Å². The number of pyridine rings is 1. The van der Waals surface area contributed by atoms with Gasteiger partial charge in [0.2, 0.25) is 0 Å². The highest BCUT2D eigenvalue weighted by Crippen LogP contribution is 2.28. The molecule has 1 atom stereocenters. The summed E-state index contributed by atoms with van der Waals surface area (Å²) in [6.45, 7) is 0. The lowest BCUT2D eigenvalue weighted by Crippen LogP contribution is -2.14. The summed E-state index contributed by atoms with van der Waals surface area (Å²) in [4.78, 5) is 4.25. The topological polar surface area (TPSA) is 38.9 Å². The Hall–Kier alpha value is -2.33. The van der Waals surface area contributed by atoms with Gasteiger partial charge in [0.25, 0.3) is 0 Å². The fourth-order valence-electron chi connectivity index (χ4n) is 2.32. The fraction of sp³-hybridized carbons (Fsp3) is 0.0625. The zero-order valence-electron chi connectivity index (χ0n) is 10.6. The van der Waals surface area contributed by atoms with Gasteiger partial charge in [-0.05, 0) is 23.8 Å². The first-order valence-electron chi connectivity index (χ1n) is 6.21. The standard InChI is InChI=1S/C16H12F2N2/c17-10-6-7-13(14(18)9-10)16(19)12-3-1-5-15-11(12)4-2-8-20-15/h1-9,16H,19H2. The zero-order valence-corrected chi connectivity index (χ0v) is 10.6. The first-order chi connectivity index (χ1) is 9.66. The molecule has 0 spiro atoms. The molecule has 2 aromatic carbocycles. The van der Waals surface area contributed by atoms with Crippen LogP contribution < -0.4 is 5.73 Å². The molecule has 100 valence electrons. The van der Waals surface area contributed by atoms with Crippen molar-refractivity contribution in [2.75, 3.05) is 0 Å². The minimum atomic E-state index is -0.663. The van der Waals surface area contributed by atoms with Crippen LogP contribution in [0.1, 0.15) is 17.2 Å². The monoisotopic (exact) mass is 270 g/mol. The lowest BCUT2D eigenvalue weighted by atomic mass is 9.95. The Bertz CT molecular complexity index is 766. The number of hydrogen-bond donors (Lipinski definition) is 1. The van der Waals surface area contributed by atoms with E-state index < -0.39 is 17.7 Å². The Morgan fingerprint density at radius 2 is 1.80 bits per heavy atom. The second kappa shape index (κ2) is 4.98. The molecule has 0 aliphatic heterocycles. The summed E-state index contributed by atoms with van der Waals surface area (Å²) in [6.07, 6.45) is 1.69. The number of aromatic nitrogens is 1. The summed E-state index contributed by atoms with van der Waals surface area (Å²) < 4.78 is 26.8. The predicted octanol–water partition coefficient (Wildman–Crippen LogP) is 3.56. The normalized spacial score (nSPS) is 12.6. The van der Waals surface area contributed by atoms with E-state index in [9.17, 15) is 8.78 Å². The van der Waals surface area contributed by atoms with Gasteiger partial charge in [-0.2, -0.15) is 0 Å². The maximum absolute atomic E-state index is 13.9. The molecule has 1 heterocycles. The van der Waals surface area contributed by atoms with Crippen LogP contribution in [-0.2, 0) is 0 Å². The van der Waals surface area contributed by atoms with Crippen molar-refractivity contribution in [2.45, 2.75) is 6.04 Å². The lowest BCUT2D eigenvalue weighted by Gasteiger charge is -2.15. The SMILES string of the molecule is NC(c1ccc(F)cc1F)c1cccc2ncccc12. The van der Waals surface area contributed by atoms with Crippen LogP contribution >= 0.6 is 0 Å². The molecular formula is C16H12F2N2. The highest BCUT2D eigenvalue weighted by Gasteiger charge is 2.16. The number of nitrogens with two attached hydrogens (primary N) is 1. The maximum atomic E-state index is 13.9. The summed E-state index contributed by atoms with van der Waals surface area (Å²) in [5.74, 6) is -1.25. The van der Waals surface area contributed by atoms with Crippen molar-refractivity contribution in [1.82, 2.24) is 4.98 Å². The van der Waals surface area contributed by atoms with E-state index >= 15 is 0 Å². The molecular weight excluding hydrogens is 258 g/mol. The molecule has 0 fully saturated rings. The summed E-state index contributed by atoms with van der Waals surface area (Å²) in [6, 6.07) is 12.0. The largest absolute Gasteiger partial charge is 0.320 e. The number of nitrogens with zero attached hydrogens (tertiary/aromatic N) is 1. The van der Waals surface area contributed by atoms with Gasteiger partial charge < -0.3 is 5.73 Å². The van der Waals surface area contributed by atoms with Gasteiger partial charge in [-0.25, -0.2) is 8.78 Å². The summed E-state index contributed by atoms with van der Waals surface area (Å²) >= 11 is 0. The van der Waals surface area contributed by atoms with E-state index in [1.807, 2.05) is 24.3 Å². The third kappa shape index (κ3) is 2.14. The van der Waals surface area contributed by atoms with Crippen molar-refractivity contribution in [3.8, 4) is 0 Å². The van der Waals surface area contributed by atoms with Crippen LogP contribution in [0.25, 0.3) is 10.9 Å². The predicted molar refractivity (Wildman–Crippen MR) is 74.1 cm³/mol. The van der Waals surface area contributed by atoms with Crippen molar-refractivity contribution < 1.29 is 8.78 Å². The second-order valence-electron chi connectivity index (χ2n) is 4.56. The fourth-order valence-corrected chi connectivity index (χ4v) is 2.32. The van der Waals surface area contributed by atoms with Gasteiger partial charge in [0, 0.05) is 23.2 Å². The summed E-state index contributed by atoms with van der Waals surface area (Å²) in [5.41, 5.74) is 7.97. The van der Waals surface area contributed by atoms with Crippen LogP contribution in [-0.4, -0.2) is 4.98 Å². The second-order valence-corrected chi connectivity index (χ2v) is 4.56. The van der Waals surface area contributed by atoms with E-state index in [1.54, 1.807) is 12.3 Å². The van der Waals surface area contributed by atoms with Crippen molar-refractivity contribution in [3.63, 3.8) is 0 Å². The molecule has 0 aliphatic rings. The van der Waals surface area contributed by atoms with Crippen LogP contribution in [0.15, 0.2) is 54.7 Å². The molecule has 0 amide bonds. The van der Waals surface area contributed by atoms with Gasteiger partial charge >= 0.3 is 0 Å². The van der Waals surface area contributed by atoms with Gasteiger partial charge in [-0.3, -0.25) is 4.98 Å². The molecule has 2 nitrogen and oxygen atoms in total. The molecule has 1 aromatic heterocycles. The Labute approximate surface area is 114 Å². The van der Waals surface area contributed by atoms with Crippen molar-refractivity contribution in [1.29, 1.82) is 0 Å². The number of hydrogen-bond acceptors (Lipinski definition) is 2. The number of rotatable bonds is 2.